The van der Waals surface area contributed by atoms with E-state index < -0.39 is 0 Å². The van der Waals surface area contributed by atoms with E-state index >= 15 is 0 Å². The van der Waals surface area contributed by atoms with Crippen LogP contribution in [0.1, 0.15) is 12.8 Å². The number of aromatic nitrogens is 2. The van der Waals surface area contributed by atoms with Gasteiger partial charge in [0, 0.05) is 12.0 Å². The lowest BCUT2D eigenvalue weighted by Gasteiger charge is -2.07. The van der Waals surface area contributed by atoms with Gasteiger partial charge in [0.2, 0.25) is 11.7 Å². The first-order valence-corrected chi connectivity index (χ1v) is 6.12. The number of rotatable bonds is 5. The second kappa shape index (κ2) is 6.06. The van der Waals surface area contributed by atoms with Crippen LogP contribution in [0, 0.1) is 17.2 Å². The van der Waals surface area contributed by atoms with Crippen LogP contribution in [0.15, 0.2) is 22.7 Å². The summed E-state index contributed by atoms with van der Waals surface area (Å²) in [7, 11) is 3.14. The van der Waals surface area contributed by atoms with Gasteiger partial charge in [0.15, 0.2) is 11.5 Å². The first kappa shape index (κ1) is 13.9. The molecule has 1 aromatic heterocycles. The molecule has 104 valence electrons. The van der Waals surface area contributed by atoms with Gasteiger partial charge < -0.3 is 14.0 Å². The third-order valence-corrected chi connectivity index (χ3v) is 2.81. The Bertz CT molecular complexity index is 631. The summed E-state index contributed by atoms with van der Waals surface area (Å²) in [4.78, 5) is 4.27. The first-order chi connectivity index (χ1) is 9.67. The number of hydrogen-bond acceptors (Lipinski definition) is 6. The number of benzene rings is 1. The van der Waals surface area contributed by atoms with E-state index in [4.69, 9.17) is 19.3 Å². The highest BCUT2D eigenvalue weighted by Gasteiger charge is 2.13. The molecule has 0 N–H and O–H groups in total. The van der Waals surface area contributed by atoms with Gasteiger partial charge in [0.1, 0.15) is 0 Å². The minimum Gasteiger partial charge on any atom is -0.493 e. The van der Waals surface area contributed by atoms with E-state index in [-0.39, 0.29) is 5.92 Å². The monoisotopic (exact) mass is 273 g/mol. The number of nitriles is 1. The van der Waals surface area contributed by atoms with Gasteiger partial charge in [-0.15, -0.1) is 0 Å². The Kier molecular flexibility index (Phi) is 4.20. The molecule has 6 heteroatoms. The molecule has 0 aliphatic heterocycles. The van der Waals surface area contributed by atoms with Gasteiger partial charge in [-0.3, -0.25) is 0 Å². The van der Waals surface area contributed by atoms with Crippen LogP contribution < -0.4 is 9.47 Å². The van der Waals surface area contributed by atoms with Crippen LogP contribution in [0.3, 0.4) is 0 Å². The van der Waals surface area contributed by atoms with Gasteiger partial charge >= 0.3 is 0 Å². The summed E-state index contributed by atoms with van der Waals surface area (Å²) in [6.07, 6.45) is 0.441. The third-order valence-electron chi connectivity index (χ3n) is 2.81. The molecule has 0 saturated heterocycles. The molecule has 0 spiro atoms. The van der Waals surface area contributed by atoms with Crippen LogP contribution in [0.25, 0.3) is 11.4 Å². The number of methoxy groups -OCH3 is 2. The molecule has 1 unspecified atom stereocenters. The van der Waals surface area contributed by atoms with E-state index in [1.165, 1.54) is 0 Å². The van der Waals surface area contributed by atoms with Crippen molar-refractivity contribution in [3.63, 3.8) is 0 Å². The quantitative estimate of drug-likeness (QED) is 0.832. The molecule has 0 radical (unpaired) electrons. The van der Waals surface area contributed by atoms with Crippen LogP contribution in [-0.4, -0.2) is 24.4 Å². The number of hydrogen-bond donors (Lipinski definition) is 0. The summed E-state index contributed by atoms with van der Waals surface area (Å²) in [6, 6.07) is 7.51. The Labute approximate surface area is 116 Å². The summed E-state index contributed by atoms with van der Waals surface area (Å²) < 4.78 is 15.5. The van der Waals surface area contributed by atoms with E-state index in [9.17, 15) is 0 Å². The van der Waals surface area contributed by atoms with E-state index in [0.717, 1.165) is 5.56 Å². The first-order valence-electron chi connectivity index (χ1n) is 6.12. The van der Waals surface area contributed by atoms with Crippen LogP contribution in [0.2, 0.25) is 0 Å². The van der Waals surface area contributed by atoms with E-state index in [0.29, 0.717) is 29.6 Å². The van der Waals surface area contributed by atoms with Crippen molar-refractivity contribution in [3.8, 4) is 29.0 Å². The molecule has 0 fully saturated rings. The summed E-state index contributed by atoms with van der Waals surface area (Å²) >= 11 is 0. The number of ether oxygens (including phenoxy) is 2. The molecule has 2 rings (SSSR count). The molecular formula is C14H15N3O3. The van der Waals surface area contributed by atoms with Crippen LogP contribution in [-0.2, 0) is 6.42 Å². The van der Waals surface area contributed by atoms with Gasteiger partial charge in [-0.1, -0.05) is 5.16 Å². The minimum atomic E-state index is -0.159. The SMILES string of the molecule is COc1ccc(-c2noc(CC(C)C#N)n2)cc1OC. The molecule has 6 nitrogen and oxygen atoms in total. The molecule has 1 heterocycles. The van der Waals surface area contributed by atoms with Crippen molar-refractivity contribution in [1.29, 1.82) is 5.26 Å². The fourth-order valence-corrected chi connectivity index (χ4v) is 1.74. The smallest absolute Gasteiger partial charge is 0.228 e. The van der Waals surface area contributed by atoms with Crippen LogP contribution >= 0.6 is 0 Å². The second-order valence-electron chi connectivity index (χ2n) is 4.32. The highest BCUT2D eigenvalue weighted by molar-refractivity contribution is 5.60. The fourth-order valence-electron chi connectivity index (χ4n) is 1.74. The Hall–Kier alpha value is -2.55. The fraction of sp³-hybridized carbons (Fsp3) is 0.357. The summed E-state index contributed by atoms with van der Waals surface area (Å²) in [5, 5.41) is 12.7. The topological polar surface area (TPSA) is 81.2 Å². The largest absolute Gasteiger partial charge is 0.493 e. The van der Waals surface area contributed by atoms with Crippen molar-refractivity contribution in [2.24, 2.45) is 5.92 Å². The lowest BCUT2D eigenvalue weighted by Crippen LogP contribution is -1.96. The molecule has 0 bridgehead atoms. The molecule has 1 aromatic carbocycles. The maximum absolute atomic E-state index is 8.78. The predicted molar refractivity (Wildman–Crippen MR) is 71.3 cm³/mol. The standard InChI is InChI=1S/C14H15N3O3/c1-9(8-15)6-13-16-14(17-20-13)10-4-5-11(18-2)12(7-10)19-3/h4-5,7,9H,6H2,1-3H3. The van der Waals surface area contributed by atoms with Gasteiger partial charge in [-0.25, -0.2) is 0 Å². The zero-order valence-corrected chi connectivity index (χ0v) is 11.6. The molecule has 0 amide bonds. The average Bonchev–Trinajstić information content (AvgIpc) is 2.94. The molecule has 1 atom stereocenters. The minimum absolute atomic E-state index is 0.159. The molecule has 2 aromatic rings. The van der Waals surface area contributed by atoms with Crippen molar-refractivity contribution in [2.45, 2.75) is 13.3 Å². The van der Waals surface area contributed by atoms with Crippen LogP contribution in [0.5, 0.6) is 11.5 Å². The predicted octanol–water partition coefficient (Wildman–Crippen LogP) is 2.46. The highest BCUT2D eigenvalue weighted by atomic mass is 16.5. The average molecular weight is 273 g/mol. The summed E-state index contributed by atoms with van der Waals surface area (Å²) in [5.74, 6) is 1.99. The van der Waals surface area contributed by atoms with E-state index in [1.54, 1.807) is 33.3 Å². The van der Waals surface area contributed by atoms with Gasteiger partial charge in [0.25, 0.3) is 0 Å². The summed E-state index contributed by atoms with van der Waals surface area (Å²) in [5.41, 5.74) is 0.766. The highest BCUT2D eigenvalue weighted by Crippen LogP contribution is 2.31. The second-order valence-corrected chi connectivity index (χ2v) is 4.32. The van der Waals surface area contributed by atoms with Crippen molar-refractivity contribution in [2.75, 3.05) is 14.2 Å². The Morgan fingerprint density at radius 1 is 1.30 bits per heavy atom. The van der Waals surface area contributed by atoms with E-state index in [2.05, 4.69) is 16.2 Å². The maximum atomic E-state index is 8.78. The van der Waals surface area contributed by atoms with E-state index in [1.807, 2.05) is 6.07 Å². The van der Waals surface area contributed by atoms with Crippen molar-refractivity contribution in [1.82, 2.24) is 10.1 Å². The Morgan fingerprint density at radius 2 is 2.05 bits per heavy atom. The molecule has 0 saturated carbocycles. The summed E-state index contributed by atoms with van der Waals surface area (Å²) in [6.45, 7) is 1.81. The lowest BCUT2D eigenvalue weighted by atomic mass is 10.1. The maximum Gasteiger partial charge on any atom is 0.228 e. The molecular weight excluding hydrogens is 258 g/mol. The third kappa shape index (κ3) is 2.88. The van der Waals surface area contributed by atoms with Gasteiger partial charge in [0.05, 0.1) is 26.2 Å². The zero-order chi connectivity index (χ0) is 14.5. The van der Waals surface area contributed by atoms with Crippen molar-refractivity contribution >= 4 is 0 Å². The van der Waals surface area contributed by atoms with Crippen LogP contribution in [0.4, 0.5) is 0 Å². The Balaban J connectivity index is 2.26. The molecule has 0 aliphatic carbocycles. The zero-order valence-electron chi connectivity index (χ0n) is 11.6. The van der Waals surface area contributed by atoms with Gasteiger partial charge in [-0.05, 0) is 25.1 Å². The molecule has 0 aliphatic rings. The lowest BCUT2D eigenvalue weighted by molar-refractivity contribution is 0.355. The van der Waals surface area contributed by atoms with Crippen molar-refractivity contribution < 1.29 is 14.0 Å². The number of nitrogens with zero attached hydrogens (tertiary/aromatic N) is 3. The normalized spacial score (nSPS) is 11.7. The van der Waals surface area contributed by atoms with Gasteiger partial charge in [-0.2, -0.15) is 10.2 Å². The Morgan fingerprint density at radius 3 is 2.70 bits per heavy atom. The molecule has 20 heavy (non-hydrogen) atoms. The van der Waals surface area contributed by atoms with Crippen molar-refractivity contribution in [3.05, 3.63) is 24.1 Å².